The first-order valence-corrected chi connectivity index (χ1v) is 9.65. The Hall–Kier alpha value is -0.380. The molecule has 0 aromatic carbocycles. The minimum absolute atomic E-state index is 0.684. The van der Waals surface area contributed by atoms with Gasteiger partial charge >= 0.3 is 0 Å². The van der Waals surface area contributed by atoms with E-state index >= 15 is 0 Å². The first-order valence-electron chi connectivity index (χ1n) is 8.77. The molecular formula is C18H30N2S. The molecule has 1 aliphatic carbocycles. The fourth-order valence-corrected chi connectivity index (χ4v) is 5.24. The predicted octanol–water partition coefficient (Wildman–Crippen LogP) is 4.22. The third-order valence-electron chi connectivity index (χ3n) is 5.69. The molecular weight excluding hydrogens is 276 g/mol. The maximum atomic E-state index is 3.76. The van der Waals surface area contributed by atoms with E-state index in [9.17, 15) is 0 Å². The van der Waals surface area contributed by atoms with Crippen LogP contribution in [0.15, 0.2) is 11.4 Å². The Bertz CT molecular complexity index is 456. The monoisotopic (exact) mass is 306 g/mol. The largest absolute Gasteiger partial charge is 0.314 e. The van der Waals surface area contributed by atoms with Crippen LogP contribution >= 0.6 is 11.3 Å². The molecule has 0 spiro atoms. The average Bonchev–Trinajstić information content (AvgIpc) is 2.97. The Labute approximate surface area is 133 Å². The predicted molar refractivity (Wildman–Crippen MR) is 92.0 cm³/mol. The highest BCUT2D eigenvalue weighted by molar-refractivity contribution is 7.10. The number of piperidine rings is 1. The van der Waals surface area contributed by atoms with Gasteiger partial charge in [-0.25, -0.2) is 0 Å². The Morgan fingerprint density at radius 1 is 1.33 bits per heavy atom. The number of nitrogens with zero attached hydrogens (tertiary/aromatic N) is 1. The highest BCUT2D eigenvalue weighted by Crippen LogP contribution is 2.40. The molecule has 4 atom stereocenters. The highest BCUT2D eigenvalue weighted by atomic mass is 32.1. The maximum absolute atomic E-state index is 3.76. The molecule has 1 fully saturated rings. The molecule has 1 N–H and O–H groups in total. The van der Waals surface area contributed by atoms with Gasteiger partial charge in [-0.1, -0.05) is 13.8 Å². The zero-order valence-electron chi connectivity index (χ0n) is 13.8. The smallest absolute Gasteiger partial charge is 0.0362 e. The van der Waals surface area contributed by atoms with E-state index in [1.165, 1.54) is 45.2 Å². The zero-order chi connectivity index (χ0) is 14.8. The van der Waals surface area contributed by atoms with Crippen LogP contribution in [0.4, 0.5) is 0 Å². The van der Waals surface area contributed by atoms with Crippen LogP contribution in [-0.4, -0.2) is 30.1 Å². The van der Waals surface area contributed by atoms with E-state index in [2.05, 4.69) is 42.4 Å². The van der Waals surface area contributed by atoms with Crippen molar-refractivity contribution >= 4 is 11.3 Å². The third-order valence-corrected chi connectivity index (χ3v) is 6.69. The second kappa shape index (κ2) is 6.80. The van der Waals surface area contributed by atoms with Gasteiger partial charge in [-0.05, 0) is 68.5 Å². The van der Waals surface area contributed by atoms with Crippen molar-refractivity contribution in [3.63, 3.8) is 0 Å². The summed E-state index contributed by atoms with van der Waals surface area (Å²) in [7, 11) is 0. The van der Waals surface area contributed by atoms with Gasteiger partial charge in [0.1, 0.15) is 0 Å². The molecule has 0 bridgehead atoms. The minimum atomic E-state index is 0.684. The van der Waals surface area contributed by atoms with Gasteiger partial charge in [0.15, 0.2) is 0 Å². The van der Waals surface area contributed by atoms with Gasteiger partial charge in [-0.15, -0.1) is 11.3 Å². The van der Waals surface area contributed by atoms with Crippen molar-refractivity contribution in [1.29, 1.82) is 0 Å². The number of hydrogen-bond acceptors (Lipinski definition) is 3. The molecule has 21 heavy (non-hydrogen) atoms. The maximum Gasteiger partial charge on any atom is 0.0362 e. The molecule has 1 saturated heterocycles. The molecule has 1 aliphatic heterocycles. The molecule has 2 aliphatic rings. The van der Waals surface area contributed by atoms with Crippen LogP contribution in [-0.2, 0) is 6.42 Å². The first-order chi connectivity index (χ1) is 10.2. The number of thiophene rings is 1. The van der Waals surface area contributed by atoms with Gasteiger partial charge in [0, 0.05) is 29.5 Å². The Kier molecular flexibility index (Phi) is 5.03. The molecule has 1 aromatic heterocycles. The van der Waals surface area contributed by atoms with E-state index in [1.807, 2.05) is 11.3 Å². The van der Waals surface area contributed by atoms with Crippen LogP contribution in [0.25, 0.3) is 0 Å². The van der Waals surface area contributed by atoms with Crippen molar-refractivity contribution in [2.45, 2.75) is 71.0 Å². The van der Waals surface area contributed by atoms with E-state index in [-0.39, 0.29) is 0 Å². The van der Waals surface area contributed by atoms with Gasteiger partial charge in [0.05, 0.1) is 0 Å². The van der Waals surface area contributed by atoms with Crippen molar-refractivity contribution < 1.29 is 0 Å². The number of nitrogens with one attached hydrogen (secondary N) is 1. The van der Waals surface area contributed by atoms with E-state index in [1.54, 1.807) is 10.4 Å². The lowest BCUT2D eigenvalue weighted by Gasteiger charge is -2.47. The van der Waals surface area contributed by atoms with Crippen LogP contribution in [0.2, 0.25) is 0 Å². The van der Waals surface area contributed by atoms with Crippen molar-refractivity contribution in [2.24, 2.45) is 5.92 Å². The zero-order valence-corrected chi connectivity index (χ0v) is 14.6. The topological polar surface area (TPSA) is 15.3 Å². The van der Waals surface area contributed by atoms with E-state index in [0.717, 1.165) is 5.92 Å². The average molecular weight is 307 g/mol. The van der Waals surface area contributed by atoms with E-state index < -0.39 is 0 Å². The fourth-order valence-electron chi connectivity index (χ4n) is 4.26. The SMILES string of the molecule is CCCNC1CCN(C2CCCc3sccc32)C(C)C1C. The number of fused-ring (bicyclic) bond motifs is 1. The number of aryl methyl sites for hydroxylation is 1. The highest BCUT2D eigenvalue weighted by Gasteiger charge is 2.37. The number of hydrogen-bond donors (Lipinski definition) is 1. The Balaban J connectivity index is 1.71. The van der Waals surface area contributed by atoms with Crippen LogP contribution in [0.5, 0.6) is 0 Å². The molecule has 4 unspecified atom stereocenters. The Morgan fingerprint density at radius 3 is 3.00 bits per heavy atom. The summed E-state index contributed by atoms with van der Waals surface area (Å²) < 4.78 is 0. The molecule has 2 nitrogen and oxygen atoms in total. The molecule has 3 rings (SSSR count). The lowest BCUT2D eigenvalue weighted by molar-refractivity contribution is 0.0396. The first kappa shape index (κ1) is 15.5. The number of likely N-dealkylation sites (tertiary alicyclic amines) is 1. The second-order valence-electron chi connectivity index (χ2n) is 6.89. The summed E-state index contributed by atoms with van der Waals surface area (Å²) in [5.74, 6) is 0.745. The molecule has 0 radical (unpaired) electrons. The Morgan fingerprint density at radius 2 is 2.19 bits per heavy atom. The standard InChI is InChI=1S/C18H30N2S/c1-4-10-19-16-8-11-20(14(3)13(16)2)17-6-5-7-18-15(17)9-12-21-18/h9,12-14,16-17,19H,4-8,10-11H2,1-3H3. The quantitative estimate of drug-likeness (QED) is 0.896. The number of rotatable bonds is 4. The summed E-state index contributed by atoms with van der Waals surface area (Å²) in [5.41, 5.74) is 1.64. The molecule has 2 heterocycles. The normalized spacial score (nSPS) is 33.9. The van der Waals surface area contributed by atoms with Gasteiger partial charge < -0.3 is 5.32 Å². The summed E-state index contributed by atoms with van der Waals surface area (Å²) >= 11 is 1.97. The molecule has 0 amide bonds. The molecule has 0 saturated carbocycles. The van der Waals surface area contributed by atoms with Crippen LogP contribution in [0, 0.1) is 5.92 Å². The minimum Gasteiger partial charge on any atom is -0.314 e. The lowest BCUT2D eigenvalue weighted by atomic mass is 9.83. The van der Waals surface area contributed by atoms with Crippen LogP contribution in [0.1, 0.15) is 62.9 Å². The summed E-state index contributed by atoms with van der Waals surface area (Å²) in [5, 5.41) is 6.06. The van der Waals surface area contributed by atoms with Crippen molar-refractivity contribution in [3.05, 3.63) is 21.9 Å². The summed E-state index contributed by atoms with van der Waals surface area (Å²) in [6, 6.07) is 4.47. The van der Waals surface area contributed by atoms with Crippen molar-refractivity contribution in [2.75, 3.05) is 13.1 Å². The van der Waals surface area contributed by atoms with Gasteiger partial charge in [0.25, 0.3) is 0 Å². The van der Waals surface area contributed by atoms with Gasteiger partial charge in [-0.2, -0.15) is 0 Å². The lowest BCUT2D eigenvalue weighted by Crippen LogP contribution is -2.54. The van der Waals surface area contributed by atoms with Crippen molar-refractivity contribution in [1.82, 2.24) is 10.2 Å². The molecule has 3 heteroatoms. The van der Waals surface area contributed by atoms with Crippen LogP contribution in [0.3, 0.4) is 0 Å². The van der Waals surface area contributed by atoms with Gasteiger partial charge in [0.2, 0.25) is 0 Å². The summed E-state index contributed by atoms with van der Waals surface area (Å²) in [6.07, 6.45) is 6.58. The summed E-state index contributed by atoms with van der Waals surface area (Å²) in [6.45, 7) is 9.58. The molecule has 1 aromatic rings. The fraction of sp³-hybridized carbons (Fsp3) is 0.778. The molecule has 118 valence electrons. The van der Waals surface area contributed by atoms with Gasteiger partial charge in [-0.3, -0.25) is 4.90 Å². The van der Waals surface area contributed by atoms with Crippen molar-refractivity contribution in [3.8, 4) is 0 Å². The van der Waals surface area contributed by atoms with E-state index in [0.29, 0.717) is 18.1 Å². The van der Waals surface area contributed by atoms with Crippen LogP contribution < -0.4 is 5.32 Å². The summed E-state index contributed by atoms with van der Waals surface area (Å²) in [4.78, 5) is 4.46. The van der Waals surface area contributed by atoms with E-state index in [4.69, 9.17) is 0 Å². The second-order valence-corrected chi connectivity index (χ2v) is 7.89. The third kappa shape index (κ3) is 3.06.